The Balaban J connectivity index is -0.000000150. The van der Waals surface area contributed by atoms with Crippen molar-refractivity contribution < 1.29 is 22.7 Å². The van der Waals surface area contributed by atoms with Crippen molar-refractivity contribution >= 4 is 72.7 Å². The van der Waals surface area contributed by atoms with Gasteiger partial charge in [-0.15, -0.1) is 0 Å². The zero-order chi connectivity index (χ0) is 29.8. The molecule has 0 saturated heterocycles. The molecule has 0 N–H and O–H groups in total. The van der Waals surface area contributed by atoms with Gasteiger partial charge in [0, 0.05) is 11.9 Å². The summed E-state index contributed by atoms with van der Waals surface area (Å²) < 4.78 is 0. The van der Waals surface area contributed by atoms with E-state index in [4.69, 9.17) is 0 Å². The summed E-state index contributed by atoms with van der Waals surface area (Å²) in [7, 11) is 0. The van der Waals surface area contributed by atoms with Gasteiger partial charge in [-0.1, -0.05) is 194 Å². The first-order valence-corrected chi connectivity index (χ1v) is 17.9. The largest absolute Gasteiger partial charge is 2.00 e. The van der Waals surface area contributed by atoms with Crippen molar-refractivity contribution in [3.63, 3.8) is 0 Å². The first kappa shape index (κ1) is 49.8. The number of hydrogen-bond donors (Lipinski definition) is 0. The molecule has 0 unspecified atom stereocenters. The fraction of sp³-hybridized carbons (Fsp3) is 0.944. The van der Waals surface area contributed by atoms with Gasteiger partial charge in [0.05, 0.1) is 0 Å². The summed E-state index contributed by atoms with van der Waals surface area (Å²) in [5.74, 6) is -1.81. The third kappa shape index (κ3) is 53.5. The van der Waals surface area contributed by atoms with Crippen LogP contribution in [-0.2, 0) is 9.59 Å². The van der Waals surface area contributed by atoms with Crippen molar-refractivity contribution in [3.05, 3.63) is 0 Å². The summed E-state index contributed by atoms with van der Waals surface area (Å²) in [6.45, 7) is 4.53. The Morgan fingerprint density at radius 1 is 0.357 bits per heavy atom. The molecule has 0 heterocycles. The fourth-order valence-corrected chi connectivity index (χ4v) is 5.28. The van der Waals surface area contributed by atoms with Gasteiger partial charge < -0.3 is 22.7 Å². The second-order valence-corrected chi connectivity index (χ2v) is 12.1. The normalized spacial score (nSPS) is 10.3. The van der Waals surface area contributed by atoms with Crippen LogP contribution < -0.4 is 10.2 Å². The maximum absolute atomic E-state index is 10.2. The maximum Gasteiger partial charge on any atom is 2.00 e. The standard InChI is InChI=1S/2C18H36O2.Ca.Mg.2H/c2*1-2-3-4-5-6-7-8-9-10-11-12-13-14-15-16-17-18(19)20;;;;/h2*2-17H2,1H3,(H,19,20);;;;/q;;2*+2;2*-1/p-2. The number of hydrogen-bond acceptors (Lipinski definition) is 4. The first-order valence-electron chi connectivity index (χ1n) is 17.9. The van der Waals surface area contributed by atoms with Gasteiger partial charge in [0.15, 0.2) is 0 Å². The van der Waals surface area contributed by atoms with Crippen molar-refractivity contribution in [1.82, 2.24) is 0 Å². The summed E-state index contributed by atoms with van der Waals surface area (Å²) in [4.78, 5) is 20.4. The van der Waals surface area contributed by atoms with Gasteiger partial charge in [-0.3, -0.25) is 0 Å². The summed E-state index contributed by atoms with van der Waals surface area (Å²) in [5, 5.41) is 20.4. The predicted molar refractivity (Wildman–Crippen MR) is 183 cm³/mol. The molecule has 42 heavy (non-hydrogen) atoms. The smallest absolute Gasteiger partial charge is 1.00 e. The molecule has 0 radical (unpaired) electrons. The molecule has 0 amide bonds. The van der Waals surface area contributed by atoms with Gasteiger partial charge in [0.1, 0.15) is 0 Å². The van der Waals surface area contributed by atoms with Crippen LogP contribution in [0.5, 0.6) is 0 Å². The number of carbonyl (C=O) groups is 2. The van der Waals surface area contributed by atoms with Crippen molar-refractivity contribution in [3.8, 4) is 0 Å². The second kappa shape index (κ2) is 46.4. The molecule has 0 aliphatic heterocycles. The average Bonchev–Trinajstić information content (AvgIpc) is 2.93. The third-order valence-corrected chi connectivity index (χ3v) is 7.97. The molecular weight excluding hydrogens is 561 g/mol. The molecule has 0 spiro atoms. The molecule has 244 valence electrons. The SMILES string of the molecule is CCCCCCCCCCCCCCCCCC(=O)[O-].CCCCCCCCCCCCCCCCCC(=O)[O-].[Ca+2].[H-].[H-].[Mg+2]. The van der Waals surface area contributed by atoms with E-state index in [-0.39, 0.29) is 76.5 Å². The summed E-state index contributed by atoms with van der Waals surface area (Å²) in [6, 6.07) is 0. The number of carbonyl (C=O) groups excluding carboxylic acids is 2. The molecule has 0 atom stereocenters. The van der Waals surface area contributed by atoms with Crippen LogP contribution in [0.25, 0.3) is 0 Å². The summed E-state index contributed by atoms with van der Waals surface area (Å²) in [5.41, 5.74) is 0. The molecule has 6 heteroatoms. The summed E-state index contributed by atoms with van der Waals surface area (Å²) >= 11 is 0. The fourth-order valence-electron chi connectivity index (χ4n) is 5.28. The maximum atomic E-state index is 10.2. The van der Waals surface area contributed by atoms with Gasteiger partial charge in [-0.25, -0.2) is 0 Å². The topological polar surface area (TPSA) is 80.3 Å². The molecule has 4 nitrogen and oxygen atoms in total. The number of aliphatic carboxylic acids is 2. The van der Waals surface area contributed by atoms with Gasteiger partial charge in [0.25, 0.3) is 0 Å². The van der Waals surface area contributed by atoms with E-state index in [1.807, 2.05) is 0 Å². The minimum atomic E-state index is -0.903. The Hall–Kier alpha value is 0.966. The van der Waals surface area contributed by atoms with E-state index in [9.17, 15) is 19.8 Å². The van der Waals surface area contributed by atoms with Crippen molar-refractivity contribution in [2.45, 2.75) is 219 Å². The van der Waals surface area contributed by atoms with Crippen molar-refractivity contribution in [1.29, 1.82) is 0 Å². The summed E-state index contributed by atoms with van der Waals surface area (Å²) in [6.07, 6.45) is 39.7. The van der Waals surface area contributed by atoms with Crippen LogP contribution in [0.2, 0.25) is 0 Å². The Morgan fingerprint density at radius 3 is 0.643 bits per heavy atom. The minimum absolute atomic E-state index is 0. The molecule has 0 rings (SSSR count). The molecular formula is C36H72CaMgO4. The van der Waals surface area contributed by atoms with E-state index in [0.29, 0.717) is 0 Å². The van der Waals surface area contributed by atoms with E-state index in [0.717, 1.165) is 25.7 Å². The van der Waals surface area contributed by atoms with Crippen molar-refractivity contribution in [2.75, 3.05) is 0 Å². The zero-order valence-electron chi connectivity index (χ0n) is 30.7. The Labute approximate surface area is 312 Å². The quantitative estimate of drug-likeness (QED) is 0.0546. The monoisotopic (exact) mass is 632 g/mol. The van der Waals surface area contributed by atoms with Crippen molar-refractivity contribution in [2.24, 2.45) is 0 Å². The van der Waals surface area contributed by atoms with E-state index in [1.165, 1.54) is 167 Å². The van der Waals surface area contributed by atoms with E-state index < -0.39 is 11.9 Å². The van der Waals surface area contributed by atoms with Crippen LogP contribution in [0.15, 0.2) is 0 Å². The molecule has 0 aliphatic carbocycles. The number of unbranched alkanes of at least 4 members (excludes halogenated alkanes) is 28. The van der Waals surface area contributed by atoms with Crippen LogP contribution in [0, 0.1) is 0 Å². The molecule has 0 bridgehead atoms. The van der Waals surface area contributed by atoms with Crippen LogP contribution in [0.4, 0.5) is 0 Å². The van der Waals surface area contributed by atoms with Gasteiger partial charge in [0.2, 0.25) is 0 Å². The first-order chi connectivity index (χ1) is 19.5. The van der Waals surface area contributed by atoms with E-state index >= 15 is 0 Å². The molecule has 0 fully saturated rings. The van der Waals surface area contributed by atoms with E-state index in [1.54, 1.807) is 0 Å². The van der Waals surface area contributed by atoms with Gasteiger partial charge in [-0.2, -0.15) is 0 Å². The van der Waals surface area contributed by atoms with Gasteiger partial charge in [-0.05, 0) is 25.7 Å². The van der Waals surface area contributed by atoms with Gasteiger partial charge >= 0.3 is 60.8 Å². The Kier molecular flexibility index (Phi) is 55.0. The zero-order valence-corrected chi connectivity index (χ0v) is 32.3. The molecule has 0 saturated carbocycles. The predicted octanol–water partition coefficient (Wildman–Crippen LogP) is 9.46. The van der Waals surface area contributed by atoms with Crippen LogP contribution in [0.3, 0.4) is 0 Å². The number of carboxylic acids is 2. The van der Waals surface area contributed by atoms with Crippen LogP contribution in [0.1, 0.15) is 222 Å². The average molecular weight is 633 g/mol. The number of rotatable bonds is 32. The van der Waals surface area contributed by atoms with Crippen LogP contribution >= 0.6 is 0 Å². The number of carboxylic acid groups (broad SMARTS) is 2. The second-order valence-electron chi connectivity index (χ2n) is 12.1. The molecule has 0 aromatic carbocycles. The van der Waals surface area contributed by atoms with Crippen LogP contribution in [-0.4, -0.2) is 72.7 Å². The Bertz CT molecular complexity index is 473. The molecule has 0 aliphatic rings. The third-order valence-electron chi connectivity index (χ3n) is 7.97. The molecule has 0 aromatic rings. The minimum Gasteiger partial charge on any atom is -1.00 e. The molecule has 0 aromatic heterocycles. The Morgan fingerprint density at radius 2 is 0.500 bits per heavy atom. The van der Waals surface area contributed by atoms with E-state index in [2.05, 4.69) is 13.8 Å².